The Morgan fingerprint density at radius 1 is 1.07 bits per heavy atom. The van der Waals surface area contributed by atoms with Crippen LogP contribution in [0.1, 0.15) is 27.5 Å². The monoisotopic (exact) mass is 409 g/mol. The van der Waals surface area contributed by atoms with Crippen LogP contribution in [0.3, 0.4) is 0 Å². The number of aryl methyl sites for hydroxylation is 1. The van der Waals surface area contributed by atoms with E-state index in [0.29, 0.717) is 5.56 Å². The Morgan fingerprint density at radius 3 is 2.36 bits per heavy atom. The van der Waals surface area contributed by atoms with Gasteiger partial charge < -0.3 is 10.6 Å². The third-order valence-corrected chi connectivity index (χ3v) is 4.51. The van der Waals surface area contributed by atoms with E-state index in [-0.39, 0.29) is 29.2 Å². The van der Waals surface area contributed by atoms with Crippen molar-refractivity contribution in [2.24, 2.45) is 0 Å². The molecule has 1 atom stereocenters. The van der Waals surface area contributed by atoms with Crippen LogP contribution in [0.25, 0.3) is 0 Å². The number of amides is 2. The summed E-state index contributed by atoms with van der Waals surface area (Å²) in [5.41, 5.74) is 0.731. The molecule has 0 spiro atoms. The van der Waals surface area contributed by atoms with Gasteiger partial charge in [-0.1, -0.05) is 23.7 Å². The number of rotatable bonds is 7. The first-order chi connectivity index (χ1) is 13.2. The Bertz CT molecular complexity index is 854. The summed E-state index contributed by atoms with van der Waals surface area (Å²) in [6, 6.07) is 7.51. The van der Waals surface area contributed by atoms with Crippen molar-refractivity contribution in [3.63, 3.8) is 0 Å². The second kappa shape index (κ2) is 9.61. The molecule has 5 nitrogen and oxygen atoms in total. The van der Waals surface area contributed by atoms with E-state index in [1.807, 2.05) is 0 Å². The predicted octanol–water partition coefficient (Wildman–Crippen LogP) is 3.08. The maximum atomic E-state index is 14.2. The van der Waals surface area contributed by atoms with E-state index in [0.717, 1.165) is 6.07 Å². The van der Waals surface area contributed by atoms with Gasteiger partial charge in [-0.3, -0.25) is 14.5 Å². The maximum absolute atomic E-state index is 14.2. The number of hydrogen-bond acceptors (Lipinski definition) is 3. The number of likely N-dealkylation sites (N-methyl/N-ethyl adjacent to an activating group) is 1. The zero-order valence-corrected chi connectivity index (χ0v) is 16.6. The molecule has 2 rings (SSSR count). The summed E-state index contributed by atoms with van der Waals surface area (Å²) < 4.78 is 27.7. The molecule has 2 aromatic rings. The quantitative estimate of drug-likeness (QED) is 0.691. The minimum Gasteiger partial charge on any atom is -0.353 e. The van der Waals surface area contributed by atoms with Gasteiger partial charge in [-0.25, -0.2) is 8.78 Å². The second-order valence-corrected chi connectivity index (χ2v) is 6.92. The molecule has 0 heterocycles. The summed E-state index contributed by atoms with van der Waals surface area (Å²) in [6.45, 7) is 1.86. The molecule has 2 N–H and O–H groups in total. The number of carbonyl (C=O) groups is 2. The Labute approximate surface area is 167 Å². The lowest BCUT2D eigenvalue weighted by Crippen LogP contribution is -2.41. The highest BCUT2D eigenvalue weighted by Gasteiger charge is 2.27. The molecule has 2 aromatic carbocycles. The lowest BCUT2D eigenvalue weighted by molar-refractivity contribution is -0.125. The number of nitrogens with zero attached hydrogens (tertiary/aromatic N) is 1. The Balaban J connectivity index is 1.94. The Morgan fingerprint density at radius 2 is 1.75 bits per heavy atom. The SMILES string of the molecule is Cc1ccc(C(=O)NCCNC(=O)[C@@H](c2c(F)cccc2Cl)N(C)C)cc1F. The van der Waals surface area contributed by atoms with Crippen LogP contribution >= 0.6 is 11.6 Å². The van der Waals surface area contributed by atoms with Gasteiger partial charge in [-0.2, -0.15) is 0 Å². The van der Waals surface area contributed by atoms with Crippen LogP contribution in [0.15, 0.2) is 36.4 Å². The van der Waals surface area contributed by atoms with Crippen LogP contribution in [0.2, 0.25) is 5.02 Å². The van der Waals surface area contributed by atoms with Gasteiger partial charge in [0, 0.05) is 29.2 Å². The first-order valence-electron chi connectivity index (χ1n) is 8.64. The van der Waals surface area contributed by atoms with E-state index >= 15 is 0 Å². The van der Waals surface area contributed by atoms with E-state index in [1.165, 1.54) is 30.3 Å². The van der Waals surface area contributed by atoms with Crippen molar-refractivity contribution in [3.05, 3.63) is 69.7 Å². The third kappa shape index (κ3) is 5.27. The Hall–Kier alpha value is -2.51. The molecule has 0 saturated heterocycles. The maximum Gasteiger partial charge on any atom is 0.251 e. The first kappa shape index (κ1) is 21.8. The summed E-state index contributed by atoms with van der Waals surface area (Å²) in [7, 11) is 3.28. The van der Waals surface area contributed by atoms with Crippen LogP contribution < -0.4 is 10.6 Å². The van der Waals surface area contributed by atoms with Crippen molar-refractivity contribution in [2.45, 2.75) is 13.0 Å². The summed E-state index contributed by atoms with van der Waals surface area (Å²) in [4.78, 5) is 26.1. The van der Waals surface area contributed by atoms with Crippen molar-refractivity contribution < 1.29 is 18.4 Å². The highest BCUT2D eigenvalue weighted by molar-refractivity contribution is 6.31. The molecule has 0 aliphatic heterocycles. The largest absolute Gasteiger partial charge is 0.353 e. The fourth-order valence-corrected chi connectivity index (χ4v) is 2.96. The molecule has 0 aliphatic carbocycles. The van der Waals surface area contributed by atoms with E-state index in [4.69, 9.17) is 11.6 Å². The van der Waals surface area contributed by atoms with Gasteiger partial charge in [0.25, 0.3) is 5.91 Å². The average Bonchev–Trinajstić information content (AvgIpc) is 2.63. The molecule has 0 bridgehead atoms. The Kier molecular flexibility index (Phi) is 7.48. The highest BCUT2D eigenvalue weighted by Crippen LogP contribution is 2.28. The molecular weight excluding hydrogens is 388 g/mol. The lowest BCUT2D eigenvalue weighted by Gasteiger charge is -2.25. The van der Waals surface area contributed by atoms with E-state index in [1.54, 1.807) is 25.9 Å². The fraction of sp³-hybridized carbons (Fsp3) is 0.300. The minimum absolute atomic E-state index is 0.0887. The fourth-order valence-electron chi connectivity index (χ4n) is 2.69. The van der Waals surface area contributed by atoms with E-state index in [2.05, 4.69) is 10.6 Å². The number of nitrogens with one attached hydrogen (secondary N) is 2. The lowest BCUT2D eigenvalue weighted by atomic mass is 10.0. The second-order valence-electron chi connectivity index (χ2n) is 6.51. The summed E-state index contributed by atoms with van der Waals surface area (Å²) in [5, 5.41) is 5.40. The molecule has 8 heteroatoms. The van der Waals surface area contributed by atoms with Gasteiger partial charge in [0.1, 0.15) is 17.7 Å². The summed E-state index contributed by atoms with van der Waals surface area (Å²) in [5.74, 6) is -1.94. The van der Waals surface area contributed by atoms with Crippen molar-refractivity contribution in [3.8, 4) is 0 Å². The molecule has 0 aromatic heterocycles. The van der Waals surface area contributed by atoms with Crippen LogP contribution in [0, 0.1) is 18.6 Å². The summed E-state index contributed by atoms with van der Waals surface area (Å²) in [6.07, 6.45) is 0. The topological polar surface area (TPSA) is 61.4 Å². The number of hydrogen-bond donors (Lipinski definition) is 2. The number of benzene rings is 2. The van der Waals surface area contributed by atoms with Gasteiger partial charge >= 0.3 is 0 Å². The van der Waals surface area contributed by atoms with Gasteiger partial charge in [0.05, 0.1) is 0 Å². The molecule has 0 fully saturated rings. The normalized spacial score (nSPS) is 12.0. The van der Waals surface area contributed by atoms with E-state index < -0.39 is 29.5 Å². The number of carbonyl (C=O) groups excluding carboxylic acids is 2. The van der Waals surface area contributed by atoms with Gasteiger partial charge in [0.2, 0.25) is 5.91 Å². The molecular formula is C20H22ClF2N3O2. The van der Waals surface area contributed by atoms with Gasteiger partial charge in [0.15, 0.2) is 0 Å². The van der Waals surface area contributed by atoms with Crippen molar-refractivity contribution in [1.82, 2.24) is 15.5 Å². The molecule has 0 unspecified atom stereocenters. The van der Waals surface area contributed by atoms with Crippen molar-refractivity contribution in [2.75, 3.05) is 27.2 Å². The first-order valence-corrected chi connectivity index (χ1v) is 9.02. The highest BCUT2D eigenvalue weighted by atomic mass is 35.5. The molecule has 2 amide bonds. The van der Waals surface area contributed by atoms with Crippen molar-refractivity contribution >= 4 is 23.4 Å². The number of halogens is 3. The van der Waals surface area contributed by atoms with Gasteiger partial charge in [-0.05, 0) is 50.8 Å². The zero-order chi connectivity index (χ0) is 20.8. The van der Waals surface area contributed by atoms with Crippen LogP contribution in [-0.4, -0.2) is 43.9 Å². The van der Waals surface area contributed by atoms with E-state index in [9.17, 15) is 18.4 Å². The molecule has 0 radical (unpaired) electrons. The van der Waals surface area contributed by atoms with Crippen LogP contribution in [0.5, 0.6) is 0 Å². The average molecular weight is 410 g/mol. The molecule has 0 saturated carbocycles. The molecule has 150 valence electrons. The minimum atomic E-state index is -0.921. The van der Waals surface area contributed by atoms with Crippen LogP contribution in [-0.2, 0) is 4.79 Å². The third-order valence-electron chi connectivity index (χ3n) is 4.18. The molecule has 0 aliphatic rings. The molecule has 28 heavy (non-hydrogen) atoms. The van der Waals surface area contributed by atoms with Gasteiger partial charge in [-0.15, -0.1) is 0 Å². The van der Waals surface area contributed by atoms with Crippen molar-refractivity contribution in [1.29, 1.82) is 0 Å². The summed E-state index contributed by atoms with van der Waals surface area (Å²) >= 11 is 6.07. The predicted molar refractivity (Wildman–Crippen MR) is 104 cm³/mol. The smallest absolute Gasteiger partial charge is 0.251 e. The van der Waals surface area contributed by atoms with Crippen LogP contribution in [0.4, 0.5) is 8.78 Å². The zero-order valence-electron chi connectivity index (χ0n) is 15.9. The standard InChI is InChI=1S/C20H22ClF2N3O2/c1-12-7-8-13(11-16(12)23)19(27)24-9-10-25-20(28)18(26(2)3)17-14(21)5-4-6-15(17)22/h4-8,11,18H,9-10H2,1-3H3,(H,24,27)(H,25,28)/t18-/m1/s1.